The van der Waals surface area contributed by atoms with Gasteiger partial charge in [0.15, 0.2) is 11.5 Å². The van der Waals surface area contributed by atoms with Gasteiger partial charge in [-0.3, -0.25) is 14.4 Å². The van der Waals surface area contributed by atoms with E-state index >= 15 is 0 Å². The molecule has 2 heterocycles. The Kier molecular flexibility index (Phi) is 8.53. The number of hydrogen-bond donors (Lipinski definition) is 6. The number of amides is 3. The maximum Gasteiger partial charge on any atom is 0.326 e. The van der Waals surface area contributed by atoms with Crippen LogP contribution in [0.25, 0.3) is 0 Å². The number of nitrogens with one attached hydrogen (secondary N) is 3. The van der Waals surface area contributed by atoms with Crippen LogP contribution in [0, 0.1) is 0 Å². The number of fused-ring (bicyclic) bond motifs is 10. The molecule has 6 N–H and O–H groups in total. The fourth-order valence-corrected chi connectivity index (χ4v) is 4.34. The van der Waals surface area contributed by atoms with Crippen molar-refractivity contribution in [2.45, 2.75) is 44.3 Å². The fourth-order valence-electron chi connectivity index (χ4n) is 4.34. The summed E-state index contributed by atoms with van der Waals surface area (Å²) in [5.74, 6) is -2.79. The number of carboxylic acids is 1. The molecule has 5 rings (SSSR count). The molecule has 3 amide bonds. The first-order valence-electron chi connectivity index (χ1n) is 12.5. The van der Waals surface area contributed by atoms with Crippen LogP contribution in [-0.4, -0.2) is 57.1 Å². The lowest BCUT2D eigenvalue weighted by atomic mass is 10.0. The Labute approximate surface area is 229 Å². The molecule has 1 unspecified atom stereocenters. The van der Waals surface area contributed by atoms with Crippen LogP contribution in [0.1, 0.15) is 23.6 Å². The van der Waals surface area contributed by atoms with Gasteiger partial charge in [0.25, 0.3) is 0 Å². The van der Waals surface area contributed by atoms with E-state index in [-0.39, 0.29) is 36.5 Å². The highest BCUT2D eigenvalue weighted by Crippen LogP contribution is 2.32. The second kappa shape index (κ2) is 12.2. The highest BCUT2D eigenvalue weighted by atomic mass is 16.5. The Bertz CT molecular complexity index is 1410. The number of aliphatic carboxylic acids is 1. The van der Waals surface area contributed by atoms with Crippen LogP contribution in [0.2, 0.25) is 0 Å². The van der Waals surface area contributed by atoms with Crippen molar-refractivity contribution >= 4 is 23.7 Å². The number of ether oxygens (including phenoxy) is 1. The number of carboxylic acid groups (broad SMARTS) is 1. The highest BCUT2D eigenvalue weighted by Gasteiger charge is 2.30. The standard InChI is InChI=1S/C29H29N3O8/c1-16(33)30-22-12-18-4-9-21(10-5-18)40-26-15-19(6-11-25(26)35)14-24(29(38)39)32-28(37)23(31-27(22)36)13-17-2-7-20(34)8-3-17/h2-11,15,22-24,34-35H,12-14H2,1H3,(H,30,33)(H,31,36)(H,32,37)(H,38,39)/t22?,23-,24-/m0/s1. The van der Waals surface area contributed by atoms with Crippen LogP contribution in [-0.2, 0) is 38.4 Å². The largest absolute Gasteiger partial charge is 0.508 e. The van der Waals surface area contributed by atoms with Gasteiger partial charge in [-0.2, -0.15) is 0 Å². The van der Waals surface area contributed by atoms with Crippen molar-refractivity contribution in [2.24, 2.45) is 0 Å². The van der Waals surface area contributed by atoms with Gasteiger partial charge in [-0.25, -0.2) is 4.79 Å². The van der Waals surface area contributed by atoms with E-state index in [2.05, 4.69) is 16.0 Å². The van der Waals surface area contributed by atoms with Crippen molar-refractivity contribution in [3.05, 3.63) is 83.4 Å². The number of hydrogen-bond acceptors (Lipinski definition) is 7. The summed E-state index contributed by atoms with van der Waals surface area (Å²) < 4.78 is 5.80. The third kappa shape index (κ3) is 7.28. The summed E-state index contributed by atoms with van der Waals surface area (Å²) in [6, 6.07) is 13.5. The zero-order valence-electron chi connectivity index (χ0n) is 21.6. The minimum Gasteiger partial charge on any atom is -0.508 e. The van der Waals surface area contributed by atoms with Crippen molar-refractivity contribution in [3.63, 3.8) is 0 Å². The van der Waals surface area contributed by atoms with Gasteiger partial charge < -0.3 is 36.0 Å². The average Bonchev–Trinajstić information content (AvgIpc) is 2.90. The van der Waals surface area contributed by atoms with E-state index in [1.165, 1.54) is 37.3 Å². The predicted molar refractivity (Wildman–Crippen MR) is 143 cm³/mol. The van der Waals surface area contributed by atoms with Crippen LogP contribution in [0.4, 0.5) is 0 Å². The second-order valence-corrected chi connectivity index (χ2v) is 9.54. The Balaban J connectivity index is 1.74. The van der Waals surface area contributed by atoms with E-state index in [0.717, 1.165) is 0 Å². The monoisotopic (exact) mass is 547 g/mol. The van der Waals surface area contributed by atoms with Crippen LogP contribution >= 0.6 is 0 Å². The molecule has 40 heavy (non-hydrogen) atoms. The van der Waals surface area contributed by atoms with Crippen molar-refractivity contribution in [1.82, 2.24) is 16.0 Å². The van der Waals surface area contributed by atoms with Gasteiger partial charge in [-0.1, -0.05) is 30.3 Å². The maximum atomic E-state index is 13.4. The Morgan fingerprint density at radius 3 is 2.23 bits per heavy atom. The molecule has 208 valence electrons. The Hall–Kier alpha value is -5.06. The lowest BCUT2D eigenvalue weighted by Gasteiger charge is -2.24. The van der Waals surface area contributed by atoms with Crippen LogP contribution < -0.4 is 20.7 Å². The average molecular weight is 548 g/mol. The summed E-state index contributed by atoms with van der Waals surface area (Å²) >= 11 is 0. The van der Waals surface area contributed by atoms with Gasteiger partial charge in [0, 0.05) is 26.2 Å². The number of phenolic OH excluding ortho intramolecular Hbond substituents is 2. The van der Waals surface area contributed by atoms with Crippen molar-refractivity contribution in [1.29, 1.82) is 0 Å². The highest BCUT2D eigenvalue weighted by molar-refractivity contribution is 5.93. The topological polar surface area (TPSA) is 174 Å². The van der Waals surface area contributed by atoms with E-state index in [1.54, 1.807) is 36.4 Å². The normalized spacial score (nSPS) is 19.5. The summed E-state index contributed by atoms with van der Waals surface area (Å²) in [4.78, 5) is 50.8. The third-order valence-corrected chi connectivity index (χ3v) is 6.37. The molecule has 11 heteroatoms. The van der Waals surface area contributed by atoms with Crippen molar-refractivity contribution in [3.8, 4) is 23.0 Å². The lowest BCUT2D eigenvalue weighted by Crippen LogP contribution is -2.57. The molecule has 11 nitrogen and oxygen atoms in total. The zero-order valence-corrected chi connectivity index (χ0v) is 21.6. The second-order valence-electron chi connectivity index (χ2n) is 9.54. The molecule has 0 spiro atoms. The quantitative estimate of drug-likeness (QED) is 0.287. The van der Waals surface area contributed by atoms with E-state index in [0.29, 0.717) is 22.4 Å². The maximum absolute atomic E-state index is 13.4. The molecule has 0 fully saturated rings. The number of rotatable bonds is 4. The van der Waals surface area contributed by atoms with Gasteiger partial charge in [0.05, 0.1) is 0 Å². The molecule has 0 saturated carbocycles. The van der Waals surface area contributed by atoms with Gasteiger partial charge in [0.1, 0.15) is 29.6 Å². The van der Waals surface area contributed by atoms with E-state index in [4.69, 9.17) is 4.74 Å². The molecule has 3 aromatic rings. The zero-order chi connectivity index (χ0) is 28.8. The minimum atomic E-state index is -1.37. The van der Waals surface area contributed by atoms with Crippen LogP contribution in [0.3, 0.4) is 0 Å². The molecule has 0 aromatic heterocycles. The summed E-state index contributed by atoms with van der Waals surface area (Å²) in [5.41, 5.74) is 1.77. The number of carbonyl (C=O) groups is 4. The summed E-state index contributed by atoms with van der Waals surface area (Å²) in [7, 11) is 0. The summed E-state index contributed by atoms with van der Waals surface area (Å²) in [5, 5.41) is 37.5. The predicted octanol–water partition coefficient (Wildman–Crippen LogP) is 1.79. The van der Waals surface area contributed by atoms with E-state index < -0.39 is 41.8 Å². The number of aromatic hydroxyl groups is 2. The minimum absolute atomic E-state index is 0.0110. The van der Waals surface area contributed by atoms with E-state index in [1.807, 2.05) is 0 Å². The van der Waals surface area contributed by atoms with Gasteiger partial charge in [-0.15, -0.1) is 0 Å². The first-order chi connectivity index (χ1) is 19.1. The first-order valence-corrected chi connectivity index (χ1v) is 12.5. The van der Waals surface area contributed by atoms with Crippen molar-refractivity contribution in [2.75, 3.05) is 0 Å². The third-order valence-electron chi connectivity index (χ3n) is 6.37. The molecular formula is C29H29N3O8. The van der Waals surface area contributed by atoms with Crippen LogP contribution in [0.5, 0.6) is 23.0 Å². The van der Waals surface area contributed by atoms with Gasteiger partial charge in [0.2, 0.25) is 17.7 Å². The first kappa shape index (κ1) is 28.0. The van der Waals surface area contributed by atoms with Gasteiger partial charge >= 0.3 is 5.97 Å². The molecule has 0 saturated heterocycles. The van der Waals surface area contributed by atoms with Crippen molar-refractivity contribution < 1.29 is 39.2 Å². The molecule has 2 aliphatic rings. The molecule has 4 bridgehead atoms. The molecule has 3 aromatic carbocycles. The summed E-state index contributed by atoms with van der Waals surface area (Å²) in [6.45, 7) is 1.27. The molecule has 3 atom stereocenters. The summed E-state index contributed by atoms with van der Waals surface area (Å²) in [6.07, 6.45) is -0.0500. The number of phenols is 2. The number of carbonyl (C=O) groups excluding carboxylic acids is 3. The van der Waals surface area contributed by atoms with Gasteiger partial charge in [-0.05, 0) is 53.1 Å². The Morgan fingerprint density at radius 2 is 1.57 bits per heavy atom. The molecule has 0 radical (unpaired) electrons. The van der Waals surface area contributed by atoms with Crippen LogP contribution in [0.15, 0.2) is 66.7 Å². The SMILES string of the molecule is CC(=O)NC1Cc2ccc(cc2)Oc2cc(ccc2O)C[C@@H](C(=O)O)NC(=O)[C@H](Cc2ccc(O)cc2)NC1=O. The molecule has 0 aliphatic carbocycles. The Morgan fingerprint density at radius 1 is 0.900 bits per heavy atom. The van der Waals surface area contributed by atoms with E-state index in [9.17, 15) is 34.5 Å². The molecule has 2 aliphatic heterocycles. The number of benzene rings is 3. The molecular weight excluding hydrogens is 518 g/mol. The lowest BCUT2D eigenvalue weighted by molar-refractivity contribution is -0.142. The smallest absolute Gasteiger partial charge is 0.326 e. The fraction of sp³-hybridized carbons (Fsp3) is 0.241.